The van der Waals surface area contributed by atoms with E-state index >= 15 is 0 Å². The van der Waals surface area contributed by atoms with Gasteiger partial charge in [0, 0.05) is 12.4 Å². The summed E-state index contributed by atoms with van der Waals surface area (Å²) in [4.78, 5) is 28.7. The van der Waals surface area contributed by atoms with Crippen molar-refractivity contribution in [3.63, 3.8) is 0 Å². The molecule has 0 saturated carbocycles. The van der Waals surface area contributed by atoms with Crippen LogP contribution < -0.4 is 11.1 Å². The molecule has 4 aromatic heterocycles. The van der Waals surface area contributed by atoms with Crippen molar-refractivity contribution in [3.05, 3.63) is 96.6 Å². The zero-order valence-electron chi connectivity index (χ0n) is 26.1. The molecule has 6 aromatic rings. The largest absolute Gasteiger partial charge is 0.444 e. The normalized spacial score (nSPS) is 12.0. The van der Waals surface area contributed by atoms with E-state index in [0.717, 1.165) is 19.1 Å². The maximum atomic E-state index is 12.8. The van der Waals surface area contributed by atoms with Crippen LogP contribution in [0.1, 0.15) is 31.9 Å². The molecule has 16 heteroatoms. The van der Waals surface area contributed by atoms with Crippen LogP contribution in [-0.4, -0.2) is 56.4 Å². The zero-order valence-corrected chi connectivity index (χ0v) is 27.7. The minimum Gasteiger partial charge on any atom is -0.444 e. The Balaban J connectivity index is 0.000000193. The Morgan fingerprint density at radius 1 is 0.723 bits per heavy atom. The van der Waals surface area contributed by atoms with E-state index in [9.17, 15) is 21.6 Å². The number of rotatable bonds is 5. The van der Waals surface area contributed by atoms with Gasteiger partial charge in [0.25, 0.3) is 20.0 Å². The summed E-state index contributed by atoms with van der Waals surface area (Å²) >= 11 is 0. The summed E-state index contributed by atoms with van der Waals surface area (Å²) in [6.07, 6.45) is 4.77. The number of carbonyl (C=O) groups excluding carboxylic acids is 1. The molecule has 0 fully saturated rings. The third-order valence-electron chi connectivity index (χ3n) is 6.51. The number of hydrogen-bond donors (Lipinski definition) is 2. The molecule has 0 aliphatic carbocycles. The number of anilines is 2. The fourth-order valence-electron chi connectivity index (χ4n) is 4.29. The predicted molar refractivity (Wildman–Crippen MR) is 177 cm³/mol. The van der Waals surface area contributed by atoms with E-state index in [1.54, 1.807) is 75.4 Å². The Morgan fingerprint density at radius 2 is 1.17 bits per heavy atom. The van der Waals surface area contributed by atoms with Crippen LogP contribution >= 0.6 is 0 Å². The van der Waals surface area contributed by atoms with Crippen LogP contribution in [0.4, 0.5) is 16.4 Å². The van der Waals surface area contributed by atoms with Crippen molar-refractivity contribution in [1.82, 2.24) is 27.9 Å². The maximum absolute atomic E-state index is 12.8. The lowest BCUT2D eigenvalue weighted by atomic mass is 10.2. The van der Waals surface area contributed by atoms with Gasteiger partial charge in [0.2, 0.25) is 0 Å². The Morgan fingerprint density at radius 3 is 1.64 bits per heavy atom. The average molecular weight is 677 g/mol. The van der Waals surface area contributed by atoms with Crippen LogP contribution in [0.5, 0.6) is 0 Å². The molecule has 0 unspecified atom stereocenters. The first-order valence-electron chi connectivity index (χ1n) is 14.1. The number of nitrogens with zero attached hydrogens (tertiary/aromatic N) is 6. The second-order valence-corrected chi connectivity index (χ2v) is 15.1. The van der Waals surface area contributed by atoms with E-state index in [4.69, 9.17) is 10.5 Å². The number of ether oxygens (including phenoxy) is 1. The minimum absolute atomic E-state index is 0.156. The van der Waals surface area contributed by atoms with Gasteiger partial charge in [-0.3, -0.25) is 5.32 Å². The number of aromatic nitrogens is 6. The molecule has 6 rings (SSSR count). The van der Waals surface area contributed by atoms with E-state index in [1.165, 1.54) is 30.9 Å². The molecule has 0 bridgehead atoms. The van der Waals surface area contributed by atoms with Gasteiger partial charge in [-0.2, -0.15) is 0 Å². The van der Waals surface area contributed by atoms with Crippen LogP contribution in [0, 0.1) is 13.8 Å². The summed E-state index contributed by atoms with van der Waals surface area (Å²) in [5.41, 5.74) is 8.06. The number of benzene rings is 2. The lowest BCUT2D eigenvalue weighted by Crippen LogP contribution is -2.27. The summed E-state index contributed by atoms with van der Waals surface area (Å²) in [6.45, 7) is 9.02. The van der Waals surface area contributed by atoms with Crippen molar-refractivity contribution in [2.24, 2.45) is 0 Å². The molecule has 2 aromatic carbocycles. The van der Waals surface area contributed by atoms with Crippen molar-refractivity contribution in [2.75, 3.05) is 11.1 Å². The number of carbonyl (C=O) groups is 1. The first-order chi connectivity index (χ1) is 22.0. The van der Waals surface area contributed by atoms with Gasteiger partial charge in [-0.15, -0.1) is 0 Å². The monoisotopic (exact) mass is 676 g/mol. The third-order valence-corrected chi connectivity index (χ3v) is 9.88. The van der Waals surface area contributed by atoms with Gasteiger partial charge in [0.1, 0.15) is 22.5 Å². The van der Waals surface area contributed by atoms with E-state index in [-0.39, 0.29) is 32.7 Å². The number of nitrogens with one attached hydrogen (secondary N) is 1. The van der Waals surface area contributed by atoms with E-state index in [0.29, 0.717) is 11.0 Å². The Hall–Kier alpha value is -5.35. The number of amides is 1. The first kappa shape index (κ1) is 33.0. The molecule has 0 spiro atoms. The van der Waals surface area contributed by atoms with E-state index in [2.05, 4.69) is 25.3 Å². The molecule has 0 radical (unpaired) electrons. The number of aryl methyl sites for hydroxylation is 2. The fraction of sp³-hybridized carbons (Fsp3) is 0.194. The molecular weight excluding hydrogens is 645 g/mol. The SMILES string of the molecule is Cc1ccc(S(=O)(=O)n2ccc3nc(N)cnc32)cc1.Cc1ccc(S(=O)(=O)n2ccc3nc(NC(=O)OC(C)(C)C)cnc32)cc1. The highest BCUT2D eigenvalue weighted by molar-refractivity contribution is 7.90. The second kappa shape index (κ2) is 12.4. The van der Waals surface area contributed by atoms with Crippen molar-refractivity contribution >= 4 is 60.1 Å². The number of nitrogens with two attached hydrogens (primary N) is 1. The molecular formula is C31H32N8O6S2. The van der Waals surface area contributed by atoms with Gasteiger partial charge in [0.15, 0.2) is 17.1 Å². The molecule has 0 atom stereocenters. The Bertz CT molecular complexity index is 2310. The summed E-state index contributed by atoms with van der Waals surface area (Å²) in [6, 6.07) is 16.3. The highest BCUT2D eigenvalue weighted by Gasteiger charge is 2.22. The van der Waals surface area contributed by atoms with Crippen molar-refractivity contribution < 1.29 is 26.4 Å². The van der Waals surface area contributed by atoms with Crippen molar-refractivity contribution in [2.45, 2.75) is 50.0 Å². The second-order valence-electron chi connectivity index (χ2n) is 11.5. The number of nitrogen functional groups attached to an aromatic ring is 1. The quantitative estimate of drug-likeness (QED) is 0.253. The average Bonchev–Trinajstić information content (AvgIpc) is 3.61. The topological polar surface area (TPSA) is 194 Å². The standard InChI is InChI=1S/C18H20N4O4S.C13H12N4O2S/c1-12-5-7-13(8-6-12)27(24,25)22-10-9-14-16(22)19-11-15(20-14)21-17(23)26-18(2,3)4;1-9-2-4-10(5-3-9)20(18,19)17-7-6-11-13(17)15-8-12(14)16-11/h5-11H,1-4H3,(H,20,21,23);2-8H,1H3,(H2,14,16). The molecule has 1 amide bonds. The third kappa shape index (κ3) is 7.23. The molecule has 47 heavy (non-hydrogen) atoms. The van der Waals surface area contributed by atoms with Gasteiger partial charge in [-0.25, -0.2) is 49.5 Å². The zero-order chi connectivity index (χ0) is 34.1. The number of fused-ring (bicyclic) bond motifs is 2. The lowest BCUT2D eigenvalue weighted by Gasteiger charge is -2.19. The molecule has 0 aliphatic rings. The van der Waals surface area contributed by atoms with Gasteiger partial charge < -0.3 is 10.5 Å². The summed E-state index contributed by atoms with van der Waals surface area (Å²) in [7, 11) is -7.48. The molecule has 3 N–H and O–H groups in total. The van der Waals surface area contributed by atoms with Gasteiger partial charge in [0.05, 0.1) is 22.2 Å². The highest BCUT2D eigenvalue weighted by atomic mass is 32.2. The lowest BCUT2D eigenvalue weighted by molar-refractivity contribution is 0.0635. The fourth-order valence-corrected chi connectivity index (χ4v) is 6.89. The summed E-state index contributed by atoms with van der Waals surface area (Å²) in [5, 5.41) is 2.48. The molecule has 0 saturated heterocycles. The van der Waals surface area contributed by atoms with Gasteiger partial charge in [-0.1, -0.05) is 35.4 Å². The van der Waals surface area contributed by atoms with Crippen molar-refractivity contribution in [1.29, 1.82) is 0 Å². The van der Waals surface area contributed by atoms with Crippen LogP contribution in [0.2, 0.25) is 0 Å². The molecule has 14 nitrogen and oxygen atoms in total. The van der Waals surface area contributed by atoms with Crippen LogP contribution in [-0.2, 0) is 24.8 Å². The van der Waals surface area contributed by atoms with Crippen LogP contribution in [0.25, 0.3) is 22.3 Å². The smallest absolute Gasteiger partial charge is 0.413 e. The van der Waals surface area contributed by atoms with Gasteiger partial charge in [-0.05, 0) is 71.0 Å². The van der Waals surface area contributed by atoms with Crippen LogP contribution in [0.3, 0.4) is 0 Å². The molecule has 0 aliphatic heterocycles. The highest BCUT2D eigenvalue weighted by Crippen LogP contribution is 2.22. The summed E-state index contributed by atoms with van der Waals surface area (Å²) < 4.78 is 58.2. The first-order valence-corrected chi connectivity index (χ1v) is 17.0. The van der Waals surface area contributed by atoms with E-state index < -0.39 is 31.7 Å². The van der Waals surface area contributed by atoms with Crippen molar-refractivity contribution in [3.8, 4) is 0 Å². The molecule has 244 valence electrons. The predicted octanol–water partition coefficient (Wildman–Crippen LogP) is 4.88. The maximum Gasteiger partial charge on any atom is 0.413 e. The molecule has 4 heterocycles. The van der Waals surface area contributed by atoms with E-state index in [1.807, 2.05) is 13.8 Å². The van der Waals surface area contributed by atoms with Gasteiger partial charge >= 0.3 is 6.09 Å². The Kier molecular flexibility index (Phi) is 8.75. The van der Waals surface area contributed by atoms with Crippen LogP contribution in [0.15, 0.2) is 95.2 Å². The number of hydrogen-bond acceptors (Lipinski definition) is 11. The Labute approximate surface area is 271 Å². The minimum atomic E-state index is -3.80. The summed E-state index contributed by atoms with van der Waals surface area (Å²) in [5.74, 6) is 0.421.